The van der Waals surface area contributed by atoms with Gasteiger partial charge in [-0.3, -0.25) is 0 Å². The molecule has 1 aromatic rings. The van der Waals surface area contributed by atoms with Gasteiger partial charge in [-0.05, 0) is 43.0 Å². The molecule has 1 aliphatic heterocycles. The third-order valence-corrected chi connectivity index (χ3v) is 3.90. The molecule has 0 bridgehead atoms. The fourth-order valence-electron chi connectivity index (χ4n) is 2.78. The lowest BCUT2D eigenvalue weighted by Gasteiger charge is -2.46. The molecular weight excluding hydrogens is 238 g/mol. The van der Waals surface area contributed by atoms with Gasteiger partial charge >= 0.3 is 0 Å². The Morgan fingerprint density at radius 1 is 1.26 bits per heavy atom. The summed E-state index contributed by atoms with van der Waals surface area (Å²) in [5.41, 5.74) is 7.48. The minimum absolute atomic E-state index is 0.133. The molecule has 2 N–H and O–H groups in total. The quantitative estimate of drug-likeness (QED) is 0.858. The second-order valence-corrected chi connectivity index (χ2v) is 6.28. The molecule has 0 amide bonds. The van der Waals surface area contributed by atoms with Crippen molar-refractivity contribution >= 4 is 0 Å². The highest BCUT2D eigenvalue weighted by Gasteiger charge is 2.43. The van der Waals surface area contributed by atoms with Crippen molar-refractivity contribution in [2.24, 2.45) is 11.1 Å². The maximum atomic E-state index is 5.87. The van der Waals surface area contributed by atoms with Gasteiger partial charge in [-0.1, -0.05) is 26.0 Å². The first-order valence-electron chi connectivity index (χ1n) is 7.02. The van der Waals surface area contributed by atoms with Crippen LogP contribution in [0.5, 0.6) is 5.75 Å². The average Bonchev–Trinajstić information content (AvgIpc) is 2.36. The summed E-state index contributed by atoms with van der Waals surface area (Å²) in [4.78, 5) is 0. The Kier molecular flexibility index (Phi) is 4.16. The molecule has 106 valence electrons. The number of ether oxygens (including phenoxy) is 2. The third-order valence-electron chi connectivity index (χ3n) is 3.90. The molecule has 0 radical (unpaired) electrons. The van der Waals surface area contributed by atoms with Crippen LogP contribution in [0, 0.1) is 5.41 Å². The van der Waals surface area contributed by atoms with E-state index in [1.165, 1.54) is 5.56 Å². The van der Waals surface area contributed by atoms with Crippen LogP contribution >= 0.6 is 0 Å². The van der Waals surface area contributed by atoms with Gasteiger partial charge in [-0.2, -0.15) is 0 Å². The van der Waals surface area contributed by atoms with Gasteiger partial charge < -0.3 is 15.2 Å². The zero-order valence-electron chi connectivity index (χ0n) is 12.2. The minimum atomic E-state index is 0.133. The maximum Gasteiger partial charge on any atom is 0.119 e. The number of benzene rings is 1. The van der Waals surface area contributed by atoms with E-state index in [9.17, 15) is 0 Å². The summed E-state index contributed by atoms with van der Waals surface area (Å²) < 4.78 is 11.0. The van der Waals surface area contributed by atoms with Crippen LogP contribution in [0.4, 0.5) is 0 Å². The first-order chi connectivity index (χ1) is 9.01. The molecule has 0 saturated carbocycles. The van der Waals surface area contributed by atoms with Crippen LogP contribution in [0.3, 0.4) is 0 Å². The normalized spacial score (nSPS) is 17.9. The predicted octanol–water partition coefficient (Wildman–Crippen LogP) is 2.73. The average molecular weight is 263 g/mol. The van der Waals surface area contributed by atoms with Gasteiger partial charge in [-0.15, -0.1) is 0 Å². The topological polar surface area (TPSA) is 44.5 Å². The highest BCUT2D eigenvalue weighted by molar-refractivity contribution is 5.34. The summed E-state index contributed by atoms with van der Waals surface area (Å²) in [5, 5.41) is 0. The van der Waals surface area contributed by atoms with E-state index in [-0.39, 0.29) is 10.8 Å². The molecule has 19 heavy (non-hydrogen) atoms. The van der Waals surface area contributed by atoms with Gasteiger partial charge in [0.05, 0.1) is 19.8 Å². The molecule has 3 heteroatoms. The van der Waals surface area contributed by atoms with Crippen molar-refractivity contribution in [1.29, 1.82) is 0 Å². The summed E-state index contributed by atoms with van der Waals surface area (Å²) in [5.74, 6) is 0.930. The first kappa shape index (κ1) is 14.4. The molecule has 0 aliphatic carbocycles. The van der Waals surface area contributed by atoms with Crippen LogP contribution in [-0.2, 0) is 10.2 Å². The van der Waals surface area contributed by atoms with E-state index in [0.29, 0.717) is 13.2 Å². The zero-order valence-corrected chi connectivity index (χ0v) is 12.2. The number of rotatable bonds is 6. The Balaban J connectivity index is 2.17. The van der Waals surface area contributed by atoms with Gasteiger partial charge in [0.1, 0.15) is 5.75 Å². The van der Waals surface area contributed by atoms with Gasteiger partial charge in [0, 0.05) is 5.41 Å². The minimum Gasteiger partial charge on any atom is -0.494 e. The summed E-state index contributed by atoms with van der Waals surface area (Å²) in [6.45, 7) is 9.44. The van der Waals surface area contributed by atoms with Gasteiger partial charge in [0.25, 0.3) is 0 Å². The van der Waals surface area contributed by atoms with Crippen molar-refractivity contribution in [3.8, 4) is 5.75 Å². The van der Waals surface area contributed by atoms with Crippen molar-refractivity contribution in [3.63, 3.8) is 0 Å². The van der Waals surface area contributed by atoms with Crippen molar-refractivity contribution in [1.82, 2.24) is 0 Å². The fourth-order valence-corrected chi connectivity index (χ4v) is 2.78. The van der Waals surface area contributed by atoms with Crippen molar-refractivity contribution in [3.05, 3.63) is 29.8 Å². The van der Waals surface area contributed by atoms with Crippen molar-refractivity contribution in [2.75, 3.05) is 26.4 Å². The fraction of sp³-hybridized carbons (Fsp3) is 0.625. The van der Waals surface area contributed by atoms with E-state index in [0.717, 1.165) is 25.4 Å². The Morgan fingerprint density at radius 3 is 2.32 bits per heavy atom. The summed E-state index contributed by atoms with van der Waals surface area (Å²) >= 11 is 0. The zero-order chi connectivity index (χ0) is 13.9. The van der Waals surface area contributed by atoms with Crippen LogP contribution in [-0.4, -0.2) is 26.4 Å². The second-order valence-electron chi connectivity index (χ2n) is 6.28. The van der Waals surface area contributed by atoms with E-state index >= 15 is 0 Å². The van der Waals surface area contributed by atoms with Crippen molar-refractivity contribution < 1.29 is 9.47 Å². The second kappa shape index (κ2) is 5.51. The molecular formula is C16H25NO2. The lowest BCUT2D eigenvalue weighted by molar-refractivity contribution is -0.0786. The first-order valence-corrected chi connectivity index (χ1v) is 7.02. The van der Waals surface area contributed by atoms with Gasteiger partial charge in [0.15, 0.2) is 0 Å². The Labute approximate surface area is 116 Å². The lowest BCUT2D eigenvalue weighted by Crippen LogP contribution is -2.50. The molecule has 0 atom stereocenters. The smallest absolute Gasteiger partial charge is 0.119 e. The van der Waals surface area contributed by atoms with E-state index in [2.05, 4.69) is 26.0 Å². The summed E-state index contributed by atoms with van der Waals surface area (Å²) in [6.07, 6.45) is 1.06. The van der Waals surface area contributed by atoms with E-state index < -0.39 is 0 Å². The molecule has 0 spiro atoms. The Hall–Kier alpha value is -1.06. The largest absolute Gasteiger partial charge is 0.494 e. The third kappa shape index (κ3) is 3.10. The summed E-state index contributed by atoms with van der Waals surface area (Å²) in [6, 6.07) is 8.43. The molecule has 1 saturated heterocycles. The van der Waals surface area contributed by atoms with Crippen LogP contribution in [0.25, 0.3) is 0 Å². The molecule has 0 unspecified atom stereocenters. The van der Waals surface area contributed by atoms with Gasteiger partial charge in [0.2, 0.25) is 0 Å². The van der Waals surface area contributed by atoms with Crippen LogP contribution < -0.4 is 10.5 Å². The van der Waals surface area contributed by atoms with E-state index in [1.807, 2.05) is 19.1 Å². The Bertz CT molecular complexity index is 407. The molecule has 1 aliphatic rings. The molecule has 0 aromatic heterocycles. The number of nitrogens with two attached hydrogens (primary N) is 1. The highest BCUT2D eigenvalue weighted by Crippen LogP contribution is 2.42. The summed E-state index contributed by atoms with van der Waals surface area (Å²) in [7, 11) is 0. The highest BCUT2D eigenvalue weighted by atomic mass is 16.5. The van der Waals surface area contributed by atoms with Crippen LogP contribution in [0.15, 0.2) is 24.3 Å². The van der Waals surface area contributed by atoms with Crippen LogP contribution in [0.2, 0.25) is 0 Å². The standard InChI is InChI=1S/C16H25NO2/c1-4-19-14-7-5-13(6-8-14)16(11-18-12-16)9-15(2,3)10-17/h5-8H,4,9-12,17H2,1-3H3. The Morgan fingerprint density at radius 2 is 1.89 bits per heavy atom. The van der Waals surface area contributed by atoms with E-state index in [4.69, 9.17) is 15.2 Å². The lowest BCUT2D eigenvalue weighted by atomic mass is 9.68. The number of hydrogen-bond donors (Lipinski definition) is 1. The molecule has 1 aromatic carbocycles. The molecule has 1 fully saturated rings. The molecule has 2 rings (SSSR count). The molecule has 1 heterocycles. The maximum absolute atomic E-state index is 5.87. The number of hydrogen-bond acceptors (Lipinski definition) is 3. The molecule has 3 nitrogen and oxygen atoms in total. The predicted molar refractivity (Wildman–Crippen MR) is 77.6 cm³/mol. The van der Waals surface area contributed by atoms with Crippen LogP contribution in [0.1, 0.15) is 32.8 Å². The SMILES string of the molecule is CCOc1ccc(C2(CC(C)(C)CN)COC2)cc1. The van der Waals surface area contributed by atoms with Crippen molar-refractivity contribution in [2.45, 2.75) is 32.6 Å². The van der Waals surface area contributed by atoms with E-state index in [1.54, 1.807) is 0 Å². The monoisotopic (exact) mass is 263 g/mol. The van der Waals surface area contributed by atoms with Gasteiger partial charge in [-0.25, -0.2) is 0 Å².